The summed E-state index contributed by atoms with van der Waals surface area (Å²) in [5, 5.41) is 6.22. The molecular formula is C19H24N4O. The fraction of sp³-hybridized carbons (Fsp3) is 0.368. The zero-order valence-corrected chi connectivity index (χ0v) is 13.9. The Bertz CT molecular complexity index is 636. The standard InChI is InChI=1S/C19H24N4O/c24-19(22-15-16-7-10-20-11-8-16)9-12-21-17-3-5-18(6-4-17)23-13-1-2-14-23/h3-8,10-11,21H,1-2,9,12-15H2,(H,22,24). The number of amides is 1. The van der Waals surface area contributed by atoms with E-state index in [2.05, 4.69) is 44.8 Å². The molecule has 3 rings (SSSR count). The van der Waals surface area contributed by atoms with Crippen molar-refractivity contribution in [1.29, 1.82) is 0 Å². The Labute approximate surface area is 143 Å². The van der Waals surface area contributed by atoms with E-state index in [1.807, 2.05) is 12.1 Å². The Kier molecular flexibility index (Phi) is 5.66. The van der Waals surface area contributed by atoms with Crippen LogP contribution in [0.4, 0.5) is 11.4 Å². The van der Waals surface area contributed by atoms with Gasteiger partial charge in [0.05, 0.1) is 0 Å². The topological polar surface area (TPSA) is 57.3 Å². The second kappa shape index (κ2) is 8.34. The lowest BCUT2D eigenvalue weighted by atomic mass is 10.2. The van der Waals surface area contributed by atoms with Crippen LogP contribution in [-0.2, 0) is 11.3 Å². The number of carbonyl (C=O) groups excluding carboxylic acids is 1. The average Bonchev–Trinajstić information content (AvgIpc) is 3.16. The van der Waals surface area contributed by atoms with Crippen LogP contribution in [0, 0.1) is 0 Å². The van der Waals surface area contributed by atoms with Crippen LogP contribution in [0.15, 0.2) is 48.8 Å². The molecule has 2 aromatic rings. The summed E-state index contributed by atoms with van der Waals surface area (Å²) in [6, 6.07) is 12.3. The maximum absolute atomic E-state index is 11.9. The van der Waals surface area contributed by atoms with Crippen molar-refractivity contribution in [3.8, 4) is 0 Å². The molecule has 2 heterocycles. The highest BCUT2D eigenvalue weighted by atomic mass is 16.1. The van der Waals surface area contributed by atoms with Gasteiger partial charge in [0.1, 0.15) is 0 Å². The largest absolute Gasteiger partial charge is 0.385 e. The number of hydrogen-bond acceptors (Lipinski definition) is 4. The van der Waals surface area contributed by atoms with Gasteiger partial charge in [0.2, 0.25) is 5.91 Å². The minimum Gasteiger partial charge on any atom is -0.385 e. The first kappa shape index (κ1) is 16.3. The third-order valence-electron chi connectivity index (χ3n) is 4.26. The molecule has 1 amide bonds. The minimum atomic E-state index is 0.0491. The number of carbonyl (C=O) groups is 1. The molecule has 0 atom stereocenters. The van der Waals surface area contributed by atoms with Crippen molar-refractivity contribution in [2.45, 2.75) is 25.8 Å². The first-order valence-corrected chi connectivity index (χ1v) is 8.56. The maximum Gasteiger partial charge on any atom is 0.222 e. The predicted molar refractivity (Wildman–Crippen MR) is 97.1 cm³/mol. The second-order valence-electron chi connectivity index (χ2n) is 6.05. The molecule has 24 heavy (non-hydrogen) atoms. The molecule has 1 aliphatic heterocycles. The first-order valence-electron chi connectivity index (χ1n) is 8.56. The molecule has 0 aliphatic carbocycles. The number of pyridine rings is 1. The lowest BCUT2D eigenvalue weighted by Gasteiger charge is -2.18. The van der Waals surface area contributed by atoms with Crippen LogP contribution >= 0.6 is 0 Å². The molecule has 0 bridgehead atoms. The van der Waals surface area contributed by atoms with Crippen LogP contribution in [0.1, 0.15) is 24.8 Å². The van der Waals surface area contributed by atoms with E-state index in [1.54, 1.807) is 12.4 Å². The lowest BCUT2D eigenvalue weighted by molar-refractivity contribution is -0.121. The lowest BCUT2D eigenvalue weighted by Crippen LogP contribution is -2.24. The summed E-state index contributed by atoms with van der Waals surface area (Å²) in [7, 11) is 0. The van der Waals surface area contributed by atoms with Gasteiger partial charge in [-0.25, -0.2) is 0 Å². The molecular weight excluding hydrogens is 300 g/mol. The summed E-state index contributed by atoms with van der Waals surface area (Å²) in [5.74, 6) is 0.0491. The number of hydrogen-bond donors (Lipinski definition) is 2. The summed E-state index contributed by atoms with van der Waals surface area (Å²) in [6.07, 6.45) is 6.49. The second-order valence-corrected chi connectivity index (χ2v) is 6.05. The third-order valence-corrected chi connectivity index (χ3v) is 4.26. The van der Waals surface area contributed by atoms with Gasteiger partial charge in [0, 0.05) is 56.4 Å². The highest BCUT2D eigenvalue weighted by molar-refractivity contribution is 5.76. The molecule has 1 fully saturated rings. The van der Waals surface area contributed by atoms with Crippen LogP contribution in [0.2, 0.25) is 0 Å². The van der Waals surface area contributed by atoms with E-state index in [-0.39, 0.29) is 5.91 Å². The van der Waals surface area contributed by atoms with Crippen molar-refractivity contribution in [3.05, 3.63) is 54.4 Å². The number of rotatable bonds is 7. The molecule has 0 saturated carbocycles. The van der Waals surface area contributed by atoms with Gasteiger partial charge in [0.15, 0.2) is 0 Å². The fourth-order valence-electron chi connectivity index (χ4n) is 2.88. The molecule has 2 N–H and O–H groups in total. The normalized spacial score (nSPS) is 13.8. The van der Waals surface area contributed by atoms with Crippen molar-refractivity contribution >= 4 is 17.3 Å². The summed E-state index contributed by atoms with van der Waals surface area (Å²) >= 11 is 0. The van der Waals surface area contributed by atoms with Crippen LogP contribution in [-0.4, -0.2) is 30.5 Å². The SMILES string of the molecule is O=C(CCNc1ccc(N2CCCC2)cc1)NCc1ccncc1. The number of nitrogens with zero attached hydrogens (tertiary/aromatic N) is 2. The van der Waals surface area contributed by atoms with Crippen LogP contribution in [0.25, 0.3) is 0 Å². The van der Waals surface area contributed by atoms with Gasteiger partial charge in [-0.05, 0) is 54.8 Å². The number of nitrogens with one attached hydrogen (secondary N) is 2. The van der Waals surface area contributed by atoms with Gasteiger partial charge in [-0.3, -0.25) is 9.78 Å². The maximum atomic E-state index is 11.9. The van der Waals surface area contributed by atoms with E-state index in [1.165, 1.54) is 18.5 Å². The van der Waals surface area contributed by atoms with Gasteiger partial charge < -0.3 is 15.5 Å². The number of anilines is 2. The highest BCUT2D eigenvalue weighted by Gasteiger charge is 2.11. The molecule has 5 heteroatoms. The van der Waals surface area contributed by atoms with Crippen molar-refractivity contribution < 1.29 is 4.79 Å². The summed E-state index contributed by atoms with van der Waals surface area (Å²) in [6.45, 7) is 3.49. The van der Waals surface area contributed by atoms with E-state index in [4.69, 9.17) is 0 Å². The van der Waals surface area contributed by atoms with E-state index < -0.39 is 0 Å². The Morgan fingerprint density at radius 1 is 1.04 bits per heavy atom. The van der Waals surface area contributed by atoms with Crippen molar-refractivity contribution in [2.75, 3.05) is 29.9 Å². The van der Waals surface area contributed by atoms with Gasteiger partial charge in [-0.15, -0.1) is 0 Å². The van der Waals surface area contributed by atoms with E-state index >= 15 is 0 Å². The zero-order valence-electron chi connectivity index (χ0n) is 13.9. The van der Waals surface area contributed by atoms with Gasteiger partial charge in [-0.1, -0.05) is 0 Å². The molecule has 1 aromatic carbocycles. The quantitative estimate of drug-likeness (QED) is 0.822. The number of aromatic nitrogens is 1. The van der Waals surface area contributed by atoms with Crippen molar-refractivity contribution in [1.82, 2.24) is 10.3 Å². The molecule has 126 valence electrons. The Hall–Kier alpha value is -2.56. The van der Waals surface area contributed by atoms with Gasteiger partial charge in [0.25, 0.3) is 0 Å². The van der Waals surface area contributed by atoms with Crippen molar-refractivity contribution in [2.24, 2.45) is 0 Å². The number of benzene rings is 1. The monoisotopic (exact) mass is 324 g/mol. The predicted octanol–water partition coefficient (Wildman–Crippen LogP) is 2.80. The average molecular weight is 324 g/mol. The molecule has 0 spiro atoms. The smallest absolute Gasteiger partial charge is 0.222 e. The van der Waals surface area contributed by atoms with E-state index in [0.717, 1.165) is 24.3 Å². The van der Waals surface area contributed by atoms with Crippen LogP contribution in [0.3, 0.4) is 0 Å². The van der Waals surface area contributed by atoms with Crippen LogP contribution < -0.4 is 15.5 Å². The summed E-state index contributed by atoms with van der Waals surface area (Å²) in [5.41, 5.74) is 3.40. The van der Waals surface area contributed by atoms with Crippen LogP contribution in [0.5, 0.6) is 0 Å². The molecule has 5 nitrogen and oxygen atoms in total. The summed E-state index contributed by atoms with van der Waals surface area (Å²) in [4.78, 5) is 18.2. The van der Waals surface area contributed by atoms with Gasteiger partial charge in [-0.2, -0.15) is 0 Å². The fourth-order valence-corrected chi connectivity index (χ4v) is 2.88. The first-order chi connectivity index (χ1) is 11.8. The molecule has 1 saturated heterocycles. The molecule has 0 unspecified atom stereocenters. The van der Waals surface area contributed by atoms with E-state index in [0.29, 0.717) is 19.5 Å². The Morgan fingerprint density at radius 3 is 2.46 bits per heavy atom. The van der Waals surface area contributed by atoms with E-state index in [9.17, 15) is 4.79 Å². The molecule has 1 aromatic heterocycles. The Balaban J connectivity index is 1.37. The Morgan fingerprint density at radius 2 is 1.75 bits per heavy atom. The third kappa shape index (κ3) is 4.72. The minimum absolute atomic E-state index is 0.0491. The molecule has 0 radical (unpaired) electrons. The summed E-state index contributed by atoms with van der Waals surface area (Å²) < 4.78 is 0. The highest BCUT2D eigenvalue weighted by Crippen LogP contribution is 2.21. The molecule has 1 aliphatic rings. The van der Waals surface area contributed by atoms with Gasteiger partial charge >= 0.3 is 0 Å². The van der Waals surface area contributed by atoms with Crippen molar-refractivity contribution in [3.63, 3.8) is 0 Å². The zero-order chi connectivity index (χ0) is 16.6.